The van der Waals surface area contributed by atoms with Crippen molar-refractivity contribution < 1.29 is 23.7 Å². The smallest absolute Gasteiger partial charge is 0.189 e. The molecule has 2 rings (SSSR count). The van der Waals surface area contributed by atoms with Gasteiger partial charge in [-0.2, -0.15) is 0 Å². The Labute approximate surface area is 147 Å². The van der Waals surface area contributed by atoms with Crippen LogP contribution >= 0.6 is 0 Å². The zero-order valence-electron chi connectivity index (χ0n) is 15.1. The Bertz CT molecular complexity index is 793. The molecule has 0 spiro atoms. The second-order valence-electron chi connectivity index (χ2n) is 5.33. The quantitative estimate of drug-likeness (QED) is 0.564. The number of ketones is 1. The maximum Gasteiger partial charge on any atom is 0.189 e. The molecule has 0 aliphatic rings. The Morgan fingerprint density at radius 1 is 0.840 bits per heavy atom. The molecule has 5 heteroatoms. The van der Waals surface area contributed by atoms with Crippen molar-refractivity contribution in [3.05, 3.63) is 53.1 Å². The first kappa shape index (κ1) is 18.4. The van der Waals surface area contributed by atoms with Gasteiger partial charge in [0.05, 0.1) is 34.0 Å². The SMILES string of the molecule is COc1cc(C)c(C(=O)C=Cc2ccc(OC)c(OC)c2)c(OC)c1. The number of carbonyl (C=O) groups excluding carboxylic acids is 1. The van der Waals surface area contributed by atoms with Crippen molar-refractivity contribution in [2.45, 2.75) is 6.92 Å². The van der Waals surface area contributed by atoms with E-state index >= 15 is 0 Å². The highest BCUT2D eigenvalue weighted by Crippen LogP contribution is 2.30. The average Bonchev–Trinajstić information content (AvgIpc) is 2.64. The first-order valence-electron chi connectivity index (χ1n) is 7.71. The van der Waals surface area contributed by atoms with Crippen LogP contribution in [0.2, 0.25) is 0 Å². The van der Waals surface area contributed by atoms with Crippen LogP contribution < -0.4 is 18.9 Å². The van der Waals surface area contributed by atoms with Crippen molar-refractivity contribution in [1.82, 2.24) is 0 Å². The van der Waals surface area contributed by atoms with Gasteiger partial charge >= 0.3 is 0 Å². The molecule has 0 bridgehead atoms. The summed E-state index contributed by atoms with van der Waals surface area (Å²) in [6, 6.07) is 8.96. The number of allylic oxidation sites excluding steroid dienone is 1. The lowest BCUT2D eigenvalue weighted by Crippen LogP contribution is -2.03. The summed E-state index contributed by atoms with van der Waals surface area (Å²) < 4.78 is 21.0. The van der Waals surface area contributed by atoms with Gasteiger partial charge in [-0.05, 0) is 42.3 Å². The highest BCUT2D eigenvalue weighted by molar-refractivity contribution is 6.09. The summed E-state index contributed by atoms with van der Waals surface area (Å²) in [5.41, 5.74) is 2.13. The maximum atomic E-state index is 12.6. The zero-order chi connectivity index (χ0) is 18.4. The summed E-state index contributed by atoms with van der Waals surface area (Å²) in [4.78, 5) is 12.6. The van der Waals surface area contributed by atoms with E-state index in [4.69, 9.17) is 18.9 Å². The highest BCUT2D eigenvalue weighted by atomic mass is 16.5. The van der Waals surface area contributed by atoms with Gasteiger partial charge in [-0.1, -0.05) is 12.1 Å². The van der Waals surface area contributed by atoms with E-state index in [1.807, 2.05) is 13.0 Å². The predicted octanol–water partition coefficient (Wildman–Crippen LogP) is 3.93. The third kappa shape index (κ3) is 4.12. The number of ether oxygens (including phenoxy) is 4. The number of methoxy groups -OCH3 is 4. The fourth-order valence-electron chi connectivity index (χ4n) is 2.53. The average molecular weight is 342 g/mol. The van der Waals surface area contributed by atoms with Crippen LogP contribution in [0.25, 0.3) is 6.08 Å². The summed E-state index contributed by atoms with van der Waals surface area (Å²) in [5, 5.41) is 0. The molecule has 0 saturated heterocycles. The number of carbonyl (C=O) groups is 1. The van der Waals surface area contributed by atoms with Crippen LogP contribution in [-0.4, -0.2) is 34.2 Å². The first-order valence-corrected chi connectivity index (χ1v) is 7.71. The molecular weight excluding hydrogens is 320 g/mol. The molecule has 0 saturated carbocycles. The molecule has 5 nitrogen and oxygen atoms in total. The zero-order valence-corrected chi connectivity index (χ0v) is 15.1. The molecule has 0 aromatic heterocycles. The lowest BCUT2D eigenvalue weighted by atomic mass is 10.0. The van der Waals surface area contributed by atoms with Crippen LogP contribution in [-0.2, 0) is 0 Å². The number of benzene rings is 2. The van der Waals surface area contributed by atoms with E-state index in [9.17, 15) is 4.79 Å². The number of rotatable bonds is 7. The van der Waals surface area contributed by atoms with Gasteiger partial charge in [-0.25, -0.2) is 0 Å². The molecule has 0 fully saturated rings. The number of hydrogen-bond acceptors (Lipinski definition) is 5. The summed E-state index contributed by atoms with van der Waals surface area (Å²) in [7, 11) is 6.26. The van der Waals surface area contributed by atoms with Gasteiger partial charge in [0.15, 0.2) is 17.3 Å². The van der Waals surface area contributed by atoms with Crippen LogP contribution in [0.15, 0.2) is 36.4 Å². The minimum Gasteiger partial charge on any atom is -0.497 e. The Morgan fingerprint density at radius 2 is 1.52 bits per heavy atom. The fourth-order valence-corrected chi connectivity index (χ4v) is 2.53. The van der Waals surface area contributed by atoms with Crippen molar-refractivity contribution in [2.75, 3.05) is 28.4 Å². The van der Waals surface area contributed by atoms with Gasteiger partial charge in [0.25, 0.3) is 0 Å². The lowest BCUT2D eigenvalue weighted by molar-refractivity contribution is 0.104. The van der Waals surface area contributed by atoms with Gasteiger partial charge in [-0.15, -0.1) is 0 Å². The standard InChI is InChI=1S/C20H22O5/c1-13-10-15(22-2)12-19(25-5)20(13)16(21)8-6-14-7-9-17(23-3)18(11-14)24-4/h6-12H,1-5H3. The predicted molar refractivity (Wildman–Crippen MR) is 97.2 cm³/mol. The molecule has 2 aromatic rings. The van der Waals surface area contributed by atoms with Crippen LogP contribution in [0.3, 0.4) is 0 Å². The van der Waals surface area contributed by atoms with E-state index in [0.29, 0.717) is 28.6 Å². The van der Waals surface area contributed by atoms with Crippen LogP contribution in [0, 0.1) is 6.92 Å². The molecule has 0 N–H and O–H groups in total. The van der Waals surface area contributed by atoms with E-state index < -0.39 is 0 Å². The Morgan fingerprint density at radius 3 is 2.12 bits per heavy atom. The third-order valence-electron chi connectivity index (χ3n) is 3.81. The van der Waals surface area contributed by atoms with E-state index in [1.54, 1.807) is 51.7 Å². The Kier molecular flexibility index (Phi) is 6.06. The van der Waals surface area contributed by atoms with Gasteiger partial charge in [0.1, 0.15) is 11.5 Å². The minimum absolute atomic E-state index is 0.146. The van der Waals surface area contributed by atoms with Gasteiger partial charge in [-0.3, -0.25) is 4.79 Å². The summed E-state index contributed by atoms with van der Waals surface area (Å²) in [5.74, 6) is 2.23. The summed E-state index contributed by atoms with van der Waals surface area (Å²) >= 11 is 0. The highest BCUT2D eigenvalue weighted by Gasteiger charge is 2.15. The normalized spacial score (nSPS) is 10.6. The van der Waals surface area contributed by atoms with Crippen molar-refractivity contribution in [3.8, 4) is 23.0 Å². The maximum absolute atomic E-state index is 12.6. The fraction of sp³-hybridized carbons (Fsp3) is 0.250. The molecular formula is C20H22O5. The summed E-state index contributed by atoms with van der Waals surface area (Å²) in [6.07, 6.45) is 3.24. The Balaban J connectivity index is 2.32. The third-order valence-corrected chi connectivity index (χ3v) is 3.81. The second kappa shape index (κ2) is 8.24. The van der Waals surface area contributed by atoms with E-state index in [2.05, 4.69) is 0 Å². The van der Waals surface area contributed by atoms with Crippen LogP contribution in [0.1, 0.15) is 21.5 Å². The monoisotopic (exact) mass is 342 g/mol. The van der Waals surface area contributed by atoms with Crippen molar-refractivity contribution >= 4 is 11.9 Å². The number of aryl methyl sites for hydroxylation is 1. The molecule has 0 amide bonds. The largest absolute Gasteiger partial charge is 0.497 e. The molecule has 0 heterocycles. The summed E-state index contributed by atoms with van der Waals surface area (Å²) in [6.45, 7) is 1.85. The van der Waals surface area contributed by atoms with Gasteiger partial charge < -0.3 is 18.9 Å². The Hall–Kier alpha value is -2.95. The molecule has 0 radical (unpaired) electrons. The van der Waals surface area contributed by atoms with E-state index in [1.165, 1.54) is 13.2 Å². The first-order chi connectivity index (χ1) is 12.0. The molecule has 0 atom stereocenters. The minimum atomic E-state index is -0.146. The number of hydrogen-bond donors (Lipinski definition) is 0. The van der Waals surface area contributed by atoms with Crippen LogP contribution in [0.4, 0.5) is 0 Å². The molecule has 25 heavy (non-hydrogen) atoms. The van der Waals surface area contributed by atoms with E-state index in [0.717, 1.165) is 11.1 Å². The van der Waals surface area contributed by atoms with Gasteiger partial charge in [0.2, 0.25) is 0 Å². The van der Waals surface area contributed by atoms with Crippen LogP contribution in [0.5, 0.6) is 23.0 Å². The molecule has 2 aromatic carbocycles. The van der Waals surface area contributed by atoms with Crippen molar-refractivity contribution in [2.24, 2.45) is 0 Å². The second-order valence-corrected chi connectivity index (χ2v) is 5.33. The van der Waals surface area contributed by atoms with Crippen molar-refractivity contribution in [1.29, 1.82) is 0 Å². The molecule has 0 aliphatic heterocycles. The molecule has 132 valence electrons. The molecule has 0 unspecified atom stereocenters. The topological polar surface area (TPSA) is 54.0 Å². The molecule has 0 aliphatic carbocycles. The van der Waals surface area contributed by atoms with Crippen molar-refractivity contribution in [3.63, 3.8) is 0 Å². The lowest BCUT2D eigenvalue weighted by Gasteiger charge is -2.11. The van der Waals surface area contributed by atoms with Gasteiger partial charge in [0, 0.05) is 6.07 Å². The van der Waals surface area contributed by atoms with E-state index in [-0.39, 0.29) is 5.78 Å².